The summed E-state index contributed by atoms with van der Waals surface area (Å²) in [7, 11) is 0. The third kappa shape index (κ3) is 1.82. The summed E-state index contributed by atoms with van der Waals surface area (Å²) < 4.78 is 2.06. The Balaban J connectivity index is 1.73. The fraction of sp³-hybridized carbons (Fsp3) is 0.412. The highest BCUT2D eigenvalue weighted by atomic mass is 16.3. The van der Waals surface area contributed by atoms with E-state index >= 15 is 0 Å². The van der Waals surface area contributed by atoms with Gasteiger partial charge in [-0.15, -0.1) is 0 Å². The molecule has 0 saturated heterocycles. The van der Waals surface area contributed by atoms with Crippen LogP contribution in [0.25, 0.3) is 11.3 Å². The maximum absolute atomic E-state index is 11.4. The molecule has 0 unspecified atom stereocenters. The van der Waals surface area contributed by atoms with Gasteiger partial charge < -0.3 is 15.4 Å². The van der Waals surface area contributed by atoms with Crippen LogP contribution in [0, 0.1) is 5.92 Å². The van der Waals surface area contributed by atoms with Gasteiger partial charge in [0.1, 0.15) is 0 Å². The Morgan fingerprint density at radius 1 is 1.32 bits per heavy atom. The SMILES string of the molecule is NC(=O)C1CCC(O)([C@H]2c3ccccc3-c3cncn32)CC1. The number of nitrogens with zero attached hydrogens (tertiary/aromatic N) is 2. The fourth-order valence-corrected chi connectivity index (χ4v) is 4.06. The molecule has 1 aromatic heterocycles. The lowest BCUT2D eigenvalue weighted by molar-refractivity contribution is -0.125. The zero-order valence-corrected chi connectivity index (χ0v) is 12.3. The molecule has 3 N–H and O–H groups in total. The van der Waals surface area contributed by atoms with Crippen LogP contribution >= 0.6 is 0 Å². The van der Waals surface area contributed by atoms with Gasteiger partial charge >= 0.3 is 0 Å². The summed E-state index contributed by atoms with van der Waals surface area (Å²) in [5, 5.41) is 11.3. The number of nitrogens with two attached hydrogens (primary N) is 1. The van der Waals surface area contributed by atoms with Gasteiger partial charge in [-0.1, -0.05) is 24.3 Å². The van der Waals surface area contributed by atoms with E-state index in [2.05, 4.69) is 21.7 Å². The van der Waals surface area contributed by atoms with Crippen molar-refractivity contribution in [1.29, 1.82) is 0 Å². The van der Waals surface area contributed by atoms with Gasteiger partial charge in [0, 0.05) is 11.5 Å². The number of hydrogen-bond donors (Lipinski definition) is 2. The van der Waals surface area contributed by atoms with Crippen LogP contribution < -0.4 is 5.73 Å². The Labute approximate surface area is 128 Å². The lowest BCUT2D eigenvalue weighted by Crippen LogP contribution is -2.44. The van der Waals surface area contributed by atoms with E-state index in [1.807, 2.05) is 18.3 Å². The second kappa shape index (κ2) is 4.68. The average molecular weight is 297 g/mol. The zero-order valence-electron chi connectivity index (χ0n) is 12.3. The lowest BCUT2D eigenvalue weighted by Gasteiger charge is -2.40. The maximum Gasteiger partial charge on any atom is 0.220 e. The second-order valence-electron chi connectivity index (χ2n) is 6.46. The van der Waals surface area contributed by atoms with Crippen LogP contribution in [0.1, 0.15) is 37.3 Å². The highest BCUT2D eigenvalue weighted by Gasteiger charge is 2.46. The third-order valence-corrected chi connectivity index (χ3v) is 5.24. The molecule has 2 aromatic rings. The molecule has 1 fully saturated rings. The van der Waals surface area contributed by atoms with E-state index in [1.54, 1.807) is 6.33 Å². The maximum atomic E-state index is 11.4. The summed E-state index contributed by atoms with van der Waals surface area (Å²) in [5.41, 5.74) is 7.88. The van der Waals surface area contributed by atoms with Gasteiger partial charge in [-0.25, -0.2) is 4.98 Å². The fourth-order valence-electron chi connectivity index (χ4n) is 4.06. The van der Waals surface area contributed by atoms with Crippen LogP contribution in [0.2, 0.25) is 0 Å². The van der Waals surface area contributed by atoms with Crippen molar-refractivity contribution in [2.75, 3.05) is 0 Å². The Hall–Kier alpha value is -2.14. The molecule has 1 aliphatic carbocycles. The van der Waals surface area contributed by atoms with Gasteiger partial charge in [0.05, 0.1) is 29.9 Å². The standard InChI is InChI=1S/C17H19N3O2/c18-16(21)11-5-7-17(22,8-6-11)15-13-4-2-1-3-12(13)14-9-19-10-20(14)15/h1-4,9-11,15,22H,5-8H2,(H2,18,21)/t11?,15-,17?/m1/s1. The molecule has 1 amide bonds. The van der Waals surface area contributed by atoms with E-state index in [0.29, 0.717) is 25.7 Å². The molecule has 0 spiro atoms. The number of aromatic nitrogens is 2. The molecule has 4 rings (SSSR count). The monoisotopic (exact) mass is 297 g/mol. The molecule has 0 bridgehead atoms. The van der Waals surface area contributed by atoms with Crippen LogP contribution in [-0.4, -0.2) is 26.2 Å². The van der Waals surface area contributed by atoms with Gasteiger partial charge in [0.15, 0.2) is 0 Å². The molecule has 1 aromatic carbocycles. The molecule has 1 saturated carbocycles. The summed E-state index contributed by atoms with van der Waals surface area (Å²) in [4.78, 5) is 15.6. The normalized spacial score (nSPS) is 29.9. The molecule has 0 radical (unpaired) electrons. The highest BCUT2D eigenvalue weighted by Crippen LogP contribution is 2.49. The molecule has 22 heavy (non-hydrogen) atoms. The molecule has 2 heterocycles. The predicted molar refractivity (Wildman–Crippen MR) is 81.9 cm³/mol. The van der Waals surface area contributed by atoms with Crippen molar-refractivity contribution in [1.82, 2.24) is 9.55 Å². The van der Waals surface area contributed by atoms with E-state index in [-0.39, 0.29) is 17.9 Å². The van der Waals surface area contributed by atoms with Crippen LogP contribution in [0.5, 0.6) is 0 Å². The first-order chi connectivity index (χ1) is 10.6. The van der Waals surface area contributed by atoms with Crippen molar-refractivity contribution < 1.29 is 9.90 Å². The summed E-state index contributed by atoms with van der Waals surface area (Å²) in [6.45, 7) is 0. The Kier molecular flexibility index (Phi) is 2.87. The minimum Gasteiger partial charge on any atom is -0.387 e. The van der Waals surface area contributed by atoms with Gasteiger partial charge in [0.2, 0.25) is 5.91 Å². The van der Waals surface area contributed by atoms with Crippen molar-refractivity contribution in [2.45, 2.75) is 37.3 Å². The topological polar surface area (TPSA) is 81.1 Å². The number of carbonyl (C=O) groups excluding carboxylic acids is 1. The first kappa shape index (κ1) is 13.5. The van der Waals surface area contributed by atoms with Crippen molar-refractivity contribution in [3.05, 3.63) is 42.4 Å². The van der Waals surface area contributed by atoms with Crippen molar-refractivity contribution >= 4 is 5.91 Å². The van der Waals surface area contributed by atoms with Crippen molar-refractivity contribution in [3.8, 4) is 11.3 Å². The van der Waals surface area contributed by atoms with E-state index in [4.69, 9.17) is 5.73 Å². The first-order valence-corrected chi connectivity index (χ1v) is 7.73. The number of amides is 1. The summed E-state index contributed by atoms with van der Waals surface area (Å²) in [6, 6.07) is 8.03. The number of aliphatic hydroxyl groups is 1. The number of primary amides is 1. The van der Waals surface area contributed by atoms with Gasteiger partial charge in [-0.2, -0.15) is 0 Å². The molecule has 1 aliphatic heterocycles. The van der Waals surface area contributed by atoms with Crippen molar-refractivity contribution in [2.24, 2.45) is 11.7 Å². The van der Waals surface area contributed by atoms with Crippen LogP contribution in [-0.2, 0) is 4.79 Å². The van der Waals surface area contributed by atoms with Crippen LogP contribution in [0.3, 0.4) is 0 Å². The minimum atomic E-state index is -0.853. The number of fused-ring (bicyclic) bond motifs is 3. The van der Waals surface area contributed by atoms with Gasteiger partial charge in [0.25, 0.3) is 0 Å². The number of benzene rings is 1. The number of hydrogen-bond acceptors (Lipinski definition) is 3. The third-order valence-electron chi connectivity index (χ3n) is 5.24. The van der Waals surface area contributed by atoms with Gasteiger partial charge in [-0.05, 0) is 31.2 Å². The first-order valence-electron chi connectivity index (χ1n) is 7.73. The molecule has 5 nitrogen and oxygen atoms in total. The summed E-state index contributed by atoms with van der Waals surface area (Å²) in [5.74, 6) is -0.364. The average Bonchev–Trinajstić information content (AvgIpc) is 3.07. The number of imidazole rings is 1. The van der Waals surface area contributed by atoms with E-state index in [0.717, 1.165) is 16.8 Å². The Morgan fingerprint density at radius 3 is 2.77 bits per heavy atom. The summed E-state index contributed by atoms with van der Waals surface area (Å²) >= 11 is 0. The number of carbonyl (C=O) groups is 1. The largest absolute Gasteiger partial charge is 0.387 e. The van der Waals surface area contributed by atoms with E-state index in [9.17, 15) is 9.90 Å². The molecule has 5 heteroatoms. The lowest BCUT2D eigenvalue weighted by atomic mass is 9.73. The van der Waals surface area contributed by atoms with Crippen molar-refractivity contribution in [3.63, 3.8) is 0 Å². The number of rotatable bonds is 2. The predicted octanol–water partition coefficient (Wildman–Crippen LogP) is 1.86. The quantitative estimate of drug-likeness (QED) is 0.887. The molecule has 2 aliphatic rings. The molecular weight excluding hydrogens is 278 g/mol. The smallest absolute Gasteiger partial charge is 0.220 e. The van der Waals surface area contributed by atoms with E-state index in [1.165, 1.54) is 0 Å². The van der Waals surface area contributed by atoms with Crippen LogP contribution in [0.4, 0.5) is 0 Å². The van der Waals surface area contributed by atoms with Crippen LogP contribution in [0.15, 0.2) is 36.8 Å². The second-order valence-corrected chi connectivity index (χ2v) is 6.46. The highest BCUT2D eigenvalue weighted by molar-refractivity contribution is 5.76. The Bertz CT molecular complexity index is 729. The van der Waals surface area contributed by atoms with Gasteiger partial charge in [-0.3, -0.25) is 4.79 Å². The van der Waals surface area contributed by atoms with E-state index < -0.39 is 5.60 Å². The molecular formula is C17H19N3O2. The molecule has 114 valence electrons. The Morgan fingerprint density at radius 2 is 2.05 bits per heavy atom. The zero-order chi connectivity index (χ0) is 15.3. The minimum absolute atomic E-state index is 0.112. The molecule has 1 atom stereocenters. The summed E-state index contributed by atoms with van der Waals surface area (Å²) in [6.07, 6.45) is 6.09.